The summed E-state index contributed by atoms with van der Waals surface area (Å²) in [6.07, 6.45) is -4.60. The number of rotatable bonds is 10. The van der Waals surface area contributed by atoms with Crippen molar-refractivity contribution in [3.05, 3.63) is 0 Å². The Balaban J connectivity index is 4.29. The van der Waals surface area contributed by atoms with Crippen LogP contribution in [0.15, 0.2) is 0 Å². The van der Waals surface area contributed by atoms with Crippen molar-refractivity contribution >= 4 is 11.6 Å². The summed E-state index contributed by atoms with van der Waals surface area (Å²) in [5.74, 6) is -1.28. The van der Waals surface area contributed by atoms with Crippen molar-refractivity contribution in [2.75, 3.05) is 13.1 Å². The van der Waals surface area contributed by atoms with Gasteiger partial charge in [-0.05, 0) is 25.9 Å². The fourth-order valence-electron chi connectivity index (χ4n) is 1.40. The first-order chi connectivity index (χ1) is 8.45. The lowest BCUT2D eigenvalue weighted by Crippen LogP contribution is -2.46. The molecule has 0 rings (SSSR count). The molecule has 2 atom stereocenters. The summed E-state index contributed by atoms with van der Waals surface area (Å²) >= 11 is 0. The molecule has 0 aliphatic carbocycles. The Kier molecular flexibility index (Phi) is 8.69. The zero-order valence-electron chi connectivity index (χ0n) is 10.3. The molecule has 7 nitrogen and oxygen atoms in total. The molecule has 0 heterocycles. The number of Topliss-reactive ketones (excluding diaryl/α,β-unsaturated/α-hetero) is 2. The minimum atomic E-state index is -1.81. The quantitative estimate of drug-likeness (QED) is 0.297. The number of carbonyl (C=O) groups is 2. The predicted molar refractivity (Wildman–Crippen MR) is 64.6 cm³/mol. The van der Waals surface area contributed by atoms with E-state index in [1.807, 2.05) is 0 Å². The molecule has 106 valence electrons. The predicted octanol–water partition coefficient (Wildman–Crippen LogP) is -2.31. The lowest BCUT2D eigenvalue weighted by molar-refractivity contribution is -0.146. The Morgan fingerprint density at radius 3 is 1.44 bits per heavy atom. The normalized spacial score (nSPS) is 16.1. The minimum Gasteiger partial charge on any atom is -0.387 e. The van der Waals surface area contributed by atoms with Crippen molar-refractivity contribution in [3.63, 3.8) is 0 Å². The molecule has 0 aliphatic heterocycles. The highest BCUT2D eigenvalue weighted by Crippen LogP contribution is 2.08. The van der Waals surface area contributed by atoms with E-state index in [1.54, 1.807) is 0 Å². The van der Waals surface area contributed by atoms with Crippen molar-refractivity contribution in [2.45, 2.75) is 44.0 Å². The van der Waals surface area contributed by atoms with Crippen LogP contribution in [0.1, 0.15) is 25.7 Å². The van der Waals surface area contributed by atoms with Crippen LogP contribution in [0, 0.1) is 0 Å². The molecule has 0 spiro atoms. The topological polar surface area (TPSA) is 147 Å². The van der Waals surface area contributed by atoms with Crippen LogP contribution in [-0.4, -0.2) is 58.3 Å². The average Bonchev–Trinajstić information content (AvgIpc) is 2.39. The van der Waals surface area contributed by atoms with Crippen LogP contribution in [-0.2, 0) is 9.59 Å². The van der Waals surface area contributed by atoms with Gasteiger partial charge in [0.15, 0.2) is 11.6 Å². The molecule has 0 radical (unpaired) electrons. The van der Waals surface area contributed by atoms with Gasteiger partial charge in [-0.2, -0.15) is 0 Å². The van der Waals surface area contributed by atoms with E-state index in [9.17, 15) is 24.9 Å². The van der Waals surface area contributed by atoms with Crippen molar-refractivity contribution in [3.8, 4) is 0 Å². The maximum atomic E-state index is 11.4. The van der Waals surface area contributed by atoms with Crippen LogP contribution in [0.2, 0.25) is 0 Å². The highest BCUT2D eigenvalue weighted by Gasteiger charge is 2.33. The highest BCUT2D eigenvalue weighted by atomic mass is 16.4. The molecule has 0 aliphatic rings. The zero-order valence-corrected chi connectivity index (χ0v) is 10.3. The summed E-state index contributed by atoms with van der Waals surface area (Å²) in [7, 11) is 0. The Morgan fingerprint density at radius 1 is 0.833 bits per heavy atom. The molecule has 7 heteroatoms. The molecule has 0 saturated carbocycles. The third-order valence-electron chi connectivity index (χ3n) is 2.56. The molecule has 0 amide bonds. The van der Waals surface area contributed by atoms with Gasteiger partial charge in [-0.25, -0.2) is 0 Å². The van der Waals surface area contributed by atoms with Gasteiger partial charge in [0, 0.05) is 12.8 Å². The fourth-order valence-corrected chi connectivity index (χ4v) is 1.40. The number of hydrogen-bond donors (Lipinski definition) is 5. The van der Waals surface area contributed by atoms with E-state index in [-0.39, 0.29) is 25.9 Å². The monoisotopic (exact) mass is 262 g/mol. The second-order valence-corrected chi connectivity index (χ2v) is 4.10. The van der Waals surface area contributed by atoms with E-state index < -0.39 is 29.9 Å². The molecule has 0 aromatic rings. The van der Waals surface area contributed by atoms with Gasteiger partial charge in [0.05, 0.1) is 0 Å². The summed E-state index contributed by atoms with van der Waals surface area (Å²) in [6, 6.07) is 0. The van der Waals surface area contributed by atoms with Crippen molar-refractivity contribution in [2.24, 2.45) is 11.5 Å². The van der Waals surface area contributed by atoms with E-state index in [0.29, 0.717) is 12.8 Å². The lowest BCUT2D eigenvalue weighted by atomic mass is 9.97. The molecule has 0 bridgehead atoms. The molecule has 2 unspecified atom stereocenters. The maximum absolute atomic E-state index is 11.4. The van der Waals surface area contributed by atoms with E-state index in [1.165, 1.54) is 0 Å². The summed E-state index contributed by atoms with van der Waals surface area (Å²) in [6.45, 7) is 0.569. The fraction of sp³-hybridized carbons (Fsp3) is 0.818. The first kappa shape index (κ1) is 17.1. The third kappa shape index (κ3) is 5.65. The van der Waals surface area contributed by atoms with Gasteiger partial charge in [0.25, 0.3) is 0 Å². The Bertz CT molecular complexity index is 246. The number of hydrogen-bond acceptors (Lipinski definition) is 7. The van der Waals surface area contributed by atoms with E-state index >= 15 is 0 Å². The Labute approximate surface area is 106 Å². The second-order valence-electron chi connectivity index (χ2n) is 4.10. The summed E-state index contributed by atoms with van der Waals surface area (Å²) < 4.78 is 0. The molecule has 0 saturated heterocycles. The van der Waals surface area contributed by atoms with Gasteiger partial charge in [-0.1, -0.05) is 0 Å². The molecule has 18 heavy (non-hydrogen) atoms. The van der Waals surface area contributed by atoms with Gasteiger partial charge in [-0.15, -0.1) is 0 Å². The first-order valence-corrected chi connectivity index (χ1v) is 5.95. The number of aliphatic hydroxyl groups excluding tert-OH is 3. The highest BCUT2D eigenvalue weighted by molar-refractivity contribution is 5.87. The molecule has 0 aromatic carbocycles. The smallest absolute Gasteiger partial charge is 0.164 e. The van der Waals surface area contributed by atoms with Crippen LogP contribution in [0.4, 0.5) is 0 Å². The molecule has 7 N–H and O–H groups in total. The number of ketones is 2. The average molecular weight is 262 g/mol. The summed E-state index contributed by atoms with van der Waals surface area (Å²) in [5.41, 5.74) is 10.4. The summed E-state index contributed by atoms with van der Waals surface area (Å²) in [4.78, 5) is 22.8. The second kappa shape index (κ2) is 9.12. The van der Waals surface area contributed by atoms with Crippen LogP contribution in [0.5, 0.6) is 0 Å². The van der Waals surface area contributed by atoms with Crippen LogP contribution >= 0.6 is 0 Å². The maximum Gasteiger partial charge on any atom is 0.164 e. The largest absolute Gasteiger partial charge is 0.387 e. The van der Waals surface area contributed by atoms with E-state index in [4.69, 9.17) is 11.5 Å². The van der Waals surface area contributed by atoms with E-state index in [2.05, 4.69) is 0 Å². The molecular formula is C11H22N2O5. The van der Waals surface area contributed by atoms with Crippen LogP contribution in [0.3, 0.4) is 0 Å². The number of aliphatic hydroxyl groups is 3. The van der Waals surface area contributed by atoms with Crippen molar-refractivity contribution in [1.29, 1.82) is 0 Å². The first-order valence-electron chi connectivity index (χ1n) is 5.95. The minimum absolute atomic E-state index is 0.00155. The zero-order chi connectivity index (χ0) is 14.1. The van der Waals surface area contributed by atoms with Crippen LogP contribution in [0.25, 0.3) is 0 Å². The van der Waals surface area contributed by atoms with Crippen LogP contribution < -0.4 is 11.5 Å². The Hall–Kier alpha value is -0.860. The lowest BCUT2D eigenvalue weighted by Gasteiger charge is -2.21. The number of carbonyl (C=O) groups excluding carboxylic acids is 2. The van der Waals surface area contributed by atoms with Gasteiger partial charge in [-0.3, -0.25) is 9.59 Å². The van der Waals surface area contributed by atoms with Crippen molar-refractivity contribution in [1.82, 2.24) is 0 Å². The van der Waals surface area contributed by atoms with Gasteiger partial charge < -0.3 is 26.8 Å². The third-order valence-corrected chi connectivity index (χ3v) is 2.56. The summed E-state index contributed by atoms with van der Waals surface area (Å²) in [5, 5.41) is 28.5. The van der Waals surface area contributed by atoms with Gasteiger partial charge in [0.1, 0.15) is 18.3 Å². The standard InChI is InChI=1S/C11H22N2O5/c12-5-1-3-7(14)9(16)11(18)10(17)8(15)4-2-6-13/h9-11,16-18H,1-6,12-13H2. The van der Waals surface area contributed by atoms with E-state index in [0.717, 1.165) is 0 Å². The molecule has 0 fully saturated rings. The van der Waals surface area contributed by atoms with Gasteiger partial charge in [0.2, 0.25) is 0 Å². The molecular weight excluding hydrogens is 240 g/mol. The van der Waals surface area contributed by atoms with Gasteiger partial charge >= 0.3 is 0 Å². The number of nitrogens with two attached hydrogens (primary N) is 2. The SMILES string of the molecule is NCCCC(=O)C(O)C(O)C(O)C(=O)CCCN. The molecule has 0 aromatic heterocycles. The van der Waals surface area contributed by atoms with Crippen molar-refractivity contribution < 1.29 is 24.9 Å². The Morgan fingerprint density at radius 2 is 1.17 bits per heavy atom.